The lowest BCUT2D eigenvalue weighted by Gasteiger charge is -2.34. The minimum atomic E-state index is -0.548. The molecular weight excluding hydrogens is 426 g/mol. The van der Waals surface area contributed by atoms with Crippen molar-refractivity contribution in [1.29, 1.82) is 0 Å². The molecule has 8 heteroatoms. The number of nitrogens with one attached hydrogen (secondary N) is 1. The van der Waals surface area contributed by atoms with Gasteiger partial charge in [-0.2, -0.15) is 9.61 Å². The third-order valence-electron chi connectivity index (χ3n) is 7.80. The Morgan fingerprint density at radius 3 is 2.41 bits per heavy atom. The Balaban J connectivity index is 1.39. The van der Waals surface area contributed by atoms with Gasteiger partial charge in [-0.1, -0.05) is 0 Å². The maximum atomic E-state index is 10.4. The second-order valence-electron chi connectivity index (χ2n) is 10.7. The van der Waals surface area contributed by atoms with Crippen molar-refractivity contribution in [2.45, 2.75) is 89.7 Å². The van der Waals surface area contributed by atoms with E-state index < -0.39 is 5.60 Å². The van der Waals surface area contributed by atoms with Crippen molar-refractivity contribution in [2.75, 3.05) is 23.3 Å². The maximum absolute atomic E-state index is 10.4. The van der Waals surface area contributed by atoms with Gasteiger partial charge in [0.25, 0.3) is 0 Å². The number of aliphatic hydroxyl groups is 1. The molecule has 3 aliphatic rings. The number of aryl methyl sites for hydroxylation is 3. The highest BCUT2D eigenvalue weighted by Gasteiger charge is 2.29. The molecular formula is C26H35N7O. The predicted molar refractivity (Wildman–Crippen MR) is 133 cm³/mol. The van der Waals surface area contributed by atoms with Crippen molar-refractivity contribution in [3.05, 3.63) is 29.2 Å². The van der Waals surface area contributed by atoms with Gasteiger partial charge in [-0.15, -0.1) is 0 Å². The molecule has 0 bridgehead atoms. The SMILES string of the molecule is Cc1nc2c(nc1-c1cc3nc(N4CCCC4)cc(NC4CCC(C)(O)CC4)n3n1)CCCC2. The summed E-state index contributed by atoms with van der Waals surface area (Å²) in [6.45, 7) is 6.08. The average Bonchev–Trinajstić information content (AvgIpc) is 3.50. The lowest BCUT2D eigenvalue weighted by molar-refractivity contribution is 0.0196. The van der Waals surface area contributed by atoms with Crippen LogP contribution in [0.1, 0.15) is 75.4 Å². The fourth-order valence-electron chi connectivity index (χ4n) is 5.71. The number of fused-ring (bicyclic) bond motifs is 2. The summed E-state index contributed by atoms with van der Waals surface area (Å²) < 4.78 is 1.93. The van der Waals surface area contributed by atoms with Gasteiger partial charge in [0.1, 0.15) is 23.0 Å². The van der Waals surface area contributed by atoms with Crippen LogP contribution in [0.5, 0.6) is 0 Å². The first-order valence-electron chi connectivity index (χ1n) is 13.0. The lowest BCUT2D eigenvalue weighted by atomic mass is 9.84. The summed E-state index contributed by atoms with van der Waals surface area (Å²) in [7, 11) is 0. The lowest BCUT2D eigenvalue weighted by Crippen LogP contribution is -2.36. The minimum absolute atomic E-state index is 0.315. The number of rotatable bonds is 4. The summed E-state index contributed by atoms with van der Waals surface area (Å²) >= 11 is 0. The standard InChI is InChI=1S/C26H35N7O/c1-17-25(29-20-8-4-3-7-19(20)27-17)21-15-23-30-22(32-13-5-6-14-32)16-24(33(23)31-21)28-18-9-11-26(2,34)12-10-18/h15-16,18,28,34H,3-14H2,1-2H3. The Hall–Kier alpha value is -2.74. The van der Waals surface area contributed by atoms with E-state index in [2.05, 4.69) is 22.3 Å². The summed E-state index contributed by atoms with van der Waals surface area (Å²) in [6.07, 6.45) is 10.3. The topological polar surface area (TPSA) is 91.5 Å². The number of nitrogens with zero attached hydrogens (tertiary/aromatic N) is 6. The molecule has 0 atom stereocenters. The molecule has 1 saturated heterocycles. The van der Waals surface area contributed by atoms with Crippen LogP contribution in [0.4, 0.5) is 11.6 Å². The van der Waals surface area contributed by atoms with Crippen LogP contribution < -0.4 is 10.2 Å². The molecule has 0 aromatic carbocycles. The van der Waals surface area contributed by atoms with Gasteiger partial charge in [0.2, 0.25) is 0 Å². The zero-order valence-electron chi connectivity index (χ0n) is 20.3. The molecule has 2 fully saturated rings. The van der Waals surface area contributed by atoms with E-state index >= 15 is 0 Å². The molecule has 3 aromatic rings. The van der Waals surface area contributed by atoms with Crippen LogP contribution in [0.25, 0.3) is 17.0 Å². The van der Waals surface area contributed by atoms with Crippen LogP contribution >= 0.6 is 0 Å². The molecule has 2 N–H and O–H groups in total. The van der Waals surface area contributed by atoms with Crippen molar-refractivity contribution in [3.63, 3.8) is 0 Å². The molecule has 180 valence electrons. The van der Waals surface area contributed by atoms with Crippen molar-refractivity contribution < 1.29 is 5.11 Å². The number of anilines is 2. The van der Waals surface area contributed by atoms with E-state index in [1.165, 1.54) is 25.7 Å². The minimum Gasteiger partial charge on any atom is -0.390 e. The largest absolute Gasteiger partial charge is 0.390 e. The number of hydrogen-bond donors (Lipinski definition) is 2. The number of hydrogen-bond acceptors (Lipinski definition) is 7. The average molecular weight is 462 g/mol. The Bertz CT molecular complexity index is 1200. The Labute approximate surface area is 200 Å². The highest BCUT2D eigenvalue weighted by atomic mass is 16.3. The van der Waals surface area contributed by atoms with Gasteiger partial charge in [-0.05, 0) is 78.1 Å². The molecule has 0 amide bonds. The van der Waals surface area contributed by atoms with Crippen LogP contribution in [0, 0.1) is 6.92 Å². The van der Waals surface area contributed by atoms with Crippen molar-refractivity contribution in [2.24, 2.45) is 0 Å². The third-order valence-corrected chi connectivity index (χ3v) is 7.80. The van der Waals surface area contributed by atoms with Crippen LogP contribution in [0.15, 0.2) is 12.1 Å². The van der Waals surface area contributed by atoms with Crippen LogP contribution in [-0.2, 0) is 12.8 Å². The predicted octanol–water partition coefficient (Wildman–Crippen LogP) is 4.08. The molecule has 2 aliphatic carbocycles. The quantitative estimate of drug-likeness (QED) is 0.605. The van der Waals surface area contributed by atoms with Crippen LogP contribution in [0.3, 0.4) is 0 Å². The Morgan fingerprint density at radius 2 is 1.68 bits per heavy atom. The monoisotopic (exact) mass is 461 g/mol. The second kappa shape index (κ2) is 8.48. The van der Waals surface area contributed by atoms with Gasteiger partial charge in [0, 0.05) is 31.3 Å². The van der Waals surface area contributed by atoms with Crippen molar-refractivity contribution >= 4 is 17.3 Å². The van der Waals surface area contributed by atoms with Gasteiger partial charge in [-0.25, -0.2) is 9.97 Å². The van der Waals surface area contributed by atoms with E-state index in [0.29, 0.717) is 6.04 Å². The van der Waals surface area contributed by atoms with Crippen molar-refractivity contribution in [1.82, 2.24) is 24.6 Å². The van der Waals surface area contributed by atoms with E-state index in [0.717, 1.165) is 97.4 Å². The molecule has 4 heterocycles. The van der Waals surface area contributed by atoms with E-state index in [1.54, 1.807) is 0 Å². The molecule has 34 heavy (non-hydrogen) atoms. The second-order valence-corrected chi connectivity index (χ2v) is 10.7. The first-order valence-corrected chi connectivity index (χ1v) is 13.0. The van der Waals surface area contributed by atoms with Crippen LogP contribution in [-0.4, -0.2) is 54.4 Å². The molecule has 1 saturated carbocycles. The van der Waals surface area contributed by atoms with E-state index in [1.807, 2.05) is 18.4 Å². The van der Waals surface area contributed by atoms with Gasteiger partial charge < -0.3 is 15.3 Å². The molecule has 6 rings (SSSR count). The zero-order chi connectivity index (χ0) is 23.3. The van der Waals surface area contributed by atoms with Crippen molar-refractivity contribution in [3.8, 4) is 11.4 Å². The fourth-order valence-corrected chi connectivity index (χ4v) is 5.71. The fraction of sp³-hybridized carbons (Fsp3) is 0.615. The van der Waals surface area contributed by atoms with Gasteiger partial charge in [-0.3, -0.25) is 4.98 Å². The highest BCUT2D eigenvalue weighted by molar-refractivity contribution is 5.67. The Kier molecular flexibility index (Phi) is 5.43. The van der Waals surface area contributed by atoms with E-state index in [9.17, 15) is 5.11 Å². The zero-order valence-corrected chi connectivity index (χ0v) is 20.3. The molecule has 0 unspecified atom stereocenters. The highest BCUT2D eigenvalue weighted by Crippen LogP contribution is 2.32. The summed E-state index contributed by atoms with van der Waals surface area (Å²) in [5, 5.41) is 19.1. The molecule has 8 nitrogen and oxygen atoms in total. The number of aromatic nitrogens is 5. The van der Waals surface area contributed by atoms with Crippen LogP contribution in [0.2, 0.25) is 0 Å². The van der Waals surface area contributed by atoms with Gasteiger partial charge in [0.15, 0.2) is 5.65 Å². The third kappa shape index (κ3) is 4.13. The maximum Gasteiger partial charge on any atom is 0.160 e. The molecule has 3 aromatic heterocycles. The molecule has 1 aliphatic heterocycles. The van der Waals surface area contributed by atoms with Gasteiger partial charge in [0.05, 0.1) is 22.7 Å². The smallest absolute Gasteiger partial charge is 0.160 e. The van der Waals surface area contributed by atoms with E-state index in [-0.39, 0.29) is 0 Å². The first kappa shape index (κ1) is 21.8. The van der Waals surface area contributed by atoms with Gasteiger partial charge >= 0.3 is 0 Å². The summed E-state index contributed by atoms with van der Waals surface area (Å²) in [5.74, 6) is 1.98. The molecule has 0 radical (unpaired) electrons. The summed E-state index contributed by atoms with van der Waals surface area (Å²) in [4.78, 5) is 17.3. The summed E-state index contributed by atoms with van der Waals surface area (Å²) in [6, 6.07) is 4.52. The normalized spacial score (nSPS) is 25.0. The molecule has 0 spiro atoms. The van der Waals surface area contributed by atoms with E-state index in [4.69, 9.17) is 20.1 Å². The summed E-state index contributed by atoms with van der Waals surface area (Å²) in [5.41, 5.74) is 5.21. The first-order chi connectivity index (χ1) is 16.4. The Morgan fingerprint density at radius 1 is 0.971 bits per heavy atom.